The van der Waals surface area contributed by atoms with E-state index in [4.69, 9.17) is 0 Å². The second-order valence-electron chi connectivity index (χ2n) is 7.16. The zero-order valence-electron chi connectivity index (χ0n) is 14.1. The molecule has 4 unspecified atom stereocenters. The Hall–Kier alpha value is -1.51. The van der Waals surface area contributed by atoms with E-state index in [-0.39, 0.29) is 11.9 Å². The third-order valence-corrected chi connectivity index (χ3v) is 5.46. The van der Waals surface area contributed by atoms with Crippen molar-refractivity contribution in [3.8, 4) is 0 Å². The molecule has 1 saturated carbocycles. The Morgan fingerprint density at radius 2 is 2.25 bits per heavy atom. The van der Waals surface area contributed by atoms with Crippen molar-refractivity contribution in [2.45, 2.75) is 44.3 Å². The molecule has 0 aromatic carbocycles. The fourth-order valence-electron chi connectivity index (χ4n) is 4.06. The van der Waals surface area contributed by atoms with E-state index in [0.717, 1.165) is 45.4 Å². The first kappa shape index (κ1) is 16.0. The molecule has 4 N–H and O–H groups in total. The van der Waals surface area contributed by atoms with Crippen LogP contribution in [-0.4, -0.2) is 54.3 Å². The zero-order chi connectivity index (χ0) is 16.5. The molecule has 1 aromatic rings. The van der Waals surface area contributed by atoms with Gasteiger partial charge in [0.1, 0.15) is 0 Å². The quantitative estimate of drug-likeness (QED) is 0.640. The Balaban J connectivity index is 1.47. The van der Waals surface area contributed by atoms with Crippen molar-refractivity contribution in [3.05, 3.63) is 12.0 Å². The molecule has 132 valence electrons. The normalized spacial score (nSPS) is 33.3. The van der Waals surface area contributed by atoms with Gasteiger partial charge in [0, 0.05) is 44.3 Å². The van der Waals surface area contributed by atoms with Crippen molar-refractivity contribution in [2.24, 2.45) is 5.92 Å². The summed E-state index contributed by atoms with van der Waals surface area (Å²) in [7, 11) is 0. The van der Waals surface area contributed by atoms with Crippen molar-refractivity contribution in [1.82, 2.24) is 26.1 Å². The Labute approximate surface area is 141 Å². The second-order valence-corrected chi connectivity index (χ2v) is 7.16. The number of rotatable bonds is 3. The number of hydrogen-bond acceptors (Lipinski definition) is 7. The number of nitrogens with zero attached hydrogens (tertiary/aromatic N) is 3. The van der Waals surface area contributed by atoms with Crippen molar-refractivity contribution < 1.29 is 4.39 Å². The van der Waals surface area contributed by atoms with Crippen LogP contribution in [0.2, 0.25) is 0 Å². The number of nitrogens with one attached hydrogen (secondary N) is 4. The Bertz CT molecular complexity index is 584. The Kier molecular flexibility index (Phi) is 4.51. The van der Waals surface area contributed by atoms with Gasteiger partial charge in [-0.3, -0.25) is 10.9 Å². The summed E-state index contributed by atoms with van der Waals surface area (Å²) in [6.45, 7) is 5.76. The van der Waals surface area contributed by atoms with Crippen LogP contribution in [0.3, 0.4) is 0 Å². The lowest BCUT2D eigenvalue weighted by Crippen LogP contribution is -2.50. The first-order chi connectivity index (χ1) is 11.7. The van der Waals surface area contributed by atoms with Crippen LogP contribution in [0.5, 0.6) is 0 Å². The van der Waals surface area contributed by atoms with Crippen LogP contribution in [0.1, 0.15) is 26.2 Å². The highest BCUT2D eigenvalue weighted by Gasteiger charge is 2.34. The molecule has 0 radical (unpaired) electrons. The summed E-state index contributed by atoms with van der Waals surface area (Å²) in [5.41, 5.74) is 6.55. The molecule has 8 heteroatoms. The molecule has 2 saturated heterocycles. The highest BCUT2D eigenvalue weighted by molar-refractivity contribution is 5.44. The number of aromatic nitrogens is 2. The van der Waals surface area contributed by atoms with Crippen molar-refractivity contribution in [3.63, 3.8) is 0 Å². The molecule has 3 heterocycles. The van der Waals surface area contributed by atoms with Gasteiger partial charge in [-0.15, -0.1) is 0 Å². The van der Waals surface area contributed by atoms with E-state index >= 15 is 0 Å². The Morgan fingerprint density at radius 3 is 3.12 bits per heavy atom. The molecule has 7 nitrogen and oxygen atoms in total. The van der Waals surface area contributed by atoms with Crippen LogP contribution in [0.25, 0.3) is 0 Å². The van der Waals surface area contributed by atoms with E-state index in [9.17, 15) is 4.39 Å². The van der Waals surface area contributed by atoms with Crippen LogP contribution in [0.15, 0.2) is 6.20 Å². The summed E-state index contributed by atoms with van der Waals surface area (Å²) in [4.78, 5) is 10.8. The van der Waals surface area contributed by atoms with E-state index in [1.807, 2.05) is 0 Å². The van der Waals surface area contributed by atoms with Gasteiger partial charge >= 0.3 is 0 Å². The average molecular weight is 335 g/mol. The van der Waals surface area contributed by atoms with Gasteiger partial charge in [-0.2, -0.15) is 4.98 Å². The third kappa shape index (κ3) is 3.18. The lowest BCUT2D eigenvalue weighted by Gasteiger charge is -2.34. The van der Waals surface area contributed by atoms with Gasteiger partial charge in [0.05, 0.1) is 6.20 Å². The molecular formula is C16H26FN7. The molecule has 3 fully saturated rings. The summed E-state index contributed by atoms with van der Waals surface area (Å²) in [6, 6.07) is 1.13. The molecule has 2 aliphatic heterocycles. The maximum atomic E-state index is 14.2. The van der Waals surface area contributed by atoms with Crippen LogP contribution in [0.4, 0.5) is 16.2 Å². The van der Waals surface area contributed by atoms with Crippen LogP contribution >= 0.6 is 0 Å². The predicted molar refractivity (Wildman–Crippen MR) is 91.3 cm³/mol. The van der Waals surface area contributed by atoms with Gasteiger partial charge in [-0.05, 0) is 32.1 Å². The van der Waals surface area contributed by atoms with Crippen LogP contribution < -0.4 is 26.4 Å². The van der Waals surface area contributed by atoms with Gasteiger partial charge in [0.25, 0.3) is 0 Å². The van der Waals surface area contributed by atoms with Gasteiger partial charge in [0.2, 0.25) is 5.95 Å². The minimum Gasteiger partial charge on any atom is -0.365 e. The summed E-state index contributed by atoms with van der Waals surface area (Å²) >= 11 is 0. The van der Waals surface area contributed by atoms with Crippen LogP contribution in [-0.2, 0) is 0 Å². The monoisotopic (exact) mass is 335 g/mol. The predicted octanol–water partition coefficient (Wildman–Crippen LogP) is 0.471. The number of anilines is 2. The first-order valence-corrected chi connectivity index (χ1v) is 8.95. The van der Waals surface area contributed by atoms with Gasteiger partial charge in [-0.1, -0.05) is 0 Å². The van der Waals surface area contributed by atoms with Crippen molar-refractivity contribution in [1.29, 1.82) is 0 Å². The highest BCUT2D eigenvalue weighted by Crippen LogP contribution is 2.29. The number of fused-ring (bicyclic) bond motifs is 1. The molecule has 4 rings (SSSR count). The molecule has 0 spiro atoms. The molecule has 1 aromatic heterocycles. The molecular weight excluding hydrogens is 309 g/mol. The maximum Gasteiger partial charge on any atom is 0.227 e. The number of hydrogen-bond donors (Lipinski definition) is 4. The SMILES string of the molecule is CC1CNCCN1c1ncc(F)c(NC2CCC3NNCC3C2)n1. The minimum atomic E-state index is -0.369. The summed E-state index contributed by atoms with van der Waals surface area (Å²) in [5.74, 6) is 1.19. The van der Waals surface area contributed by atoms with E-state index in [2.05, 4.69) is 43.3 Å². The van der Waals surface area contributed by atoms with Crippen molar-refractivity contribution in [2.75, 3.05) is 36.4 Å². The first-order valence-electron chi connectivity index (χ1n) is 8.95. The summed E-state index contributed by atoms with van der Waals surface area (Å²) < 4.78 is 14.2. The van der Waals surface area contributed by atoms with Gasteiger partial charge in [-0.25, -0.2) is 9.37 Å². The fourth-order valence-corrected chi connectivity index (χ4v) is 4.06. The molecule has 4 atom stereocenters. The lowest BCUT2D eigenvalue weighted by molar-refractivity contribution is 0.313. The second kappa shape index (κ2) is 6.78. The topological polar surface area (TPSA) is 77.1 Å². The van der Waals surface area contributed by atoms with E-state index in [1.54, 1.807) is 0 Å². The highest BCUT2D eigenvalue weighted by atomic mass is 19.1. The minimum absolute atomic E-state index is 0.269. The molecule has 24 heavy (non-hydrogen) atoms. The maximum absolute atomic E-state index is 14.2. The molecule has 3 aliphatic rings. The number of halogens is 1. The lowest BCUT2D eigenvalue weighted by atomic mass is 9.83. The average Bonchev–Trinajstić information content (AvgIpc) is 3.05. The van der Waals surface area contributed by atoms with Crippen molar-refractivity contribution >= 4 is 11.8 Å². The standard InChI is InChI=1S/C16H26FN7/c1-10-7-18-4-5-24(10)16-19-9-13(17)15(22-16)21-12-2-3-14-11(6-12)8-20-23-14/h9-12,14,18,20,23H,2-8H2,1H3,(H,19,21,22). The molecule has 0 bridgehead atoms. The summed E-state index contributed by atoms with van der Waals surface area (Å²) in [5, 5.41) is 6.68. The van der Waals surface area contributed by atoms with E-state index < -0.39 is 0 Å². The Morgan fingerprint density at radius 1 is 1.33 bits per heavy atom. The van der Waals surface area contributed by atoms with Gasteiger partial charge in [0.15, 0.2) is 11.6 Å². The fraction of sp³-hybridized carbons (Fsp3) is 0.750. The summed E-state index contributed by atoms with van der Waals surface area (Å²) in [6.07, 6.45) is 4.46. The van der Waals surface area contributed by atoms with Gasteiger partial charge < -0.3 is 15.5 Å². The number of piperazine rings is 1. The number of hydrazine groups is 1. The van der Waals surface area contributed by atoms with Crippen LogP contribution in [0, 0.1) is 11.7 Å². The molecule has 0 amide bonds. The largest absolute Gasteiger partial charge is 0.365 e. The van der Waals surface area contributed by atoms with E-state index in [1.165, 1.54) is 6.20 Å². The van der Waals surface area contributed by atoms with E-state index in [0.29, 0.717) is 29.8 Å². The zero-order valence-corrected chi connectivity index (χ0v) is 14.1. The smallest absolute Gasteiger partial charge is 0.227 e. The third-order valence-electron chi connectivity index (χ3n) is 5.46. The molecule has 1 aliphatic carbocycles.